The summed E-state index contributed by atoms with van der Waals surface area (Å²) >= 11 is 0. The molecule has 5 nitrogen and oxygen atoms in total. The maximum atomic E-state index is 13.2. The van der Waals surface area contributed by atoms with E-state index in [1.807, 2.05) is 47.0 Å². The summed E-state index contributed by atoms with van der Waals surface area (Å²) in [5, 5.41) is 3.24. The molecule has 5 rings (SSSR count). The zero-order valence-electron chi connectivity index (χ0n) is 15.4. The molecule has 3 aromatic heterocycles. The van der Waals surface area contributed by atoms with Crippen LogP contribution in [0.5, 0.6) is 0 Å². The fourth-order valence-corrected chi connectivity index (χ4v) is 4.12. The fourth-order valence-electron chi connectivity index (χ4n) is 4.12. The standard InChI is InChI=1S/C23H20N4O/c28-23(25-19-9-5-7-16-6-1-2-8-18(16)19)22-26-21(17-11-13-24-14-12-17)20-10-3-4-15-27(20)22/h1-4,6,8,10-15,19H,5,7,9H2,(H,25,28)/p+1. The Bertz CT molecular complexity index is 1150. The van der Waals surface area contributed by atoms with Crippen LogP contribution in [0.25, 0.3) is 16.8 Å². The van der Waals surface area contributed by atoms with Gasteiger partial charge >= 0.3 is 11.7 Å². The summed E-state index contributed by atoms with van der Waals surface area (Å²) in [6.07, 6.45) is 8.56. The summed E-state index contributed by atoms with van der Waals surface area (Å²) < 4.78 is 1.92. The second-order valence-electron chi connectivity index (χ2n) is 7.16. The van der Waals surface area contributed by atoms with Gasteiger partial charge in [-0.25, -0.2) is 4.98 Å². The third-order valence-electron chi connectivity index (χ3n) is 5.46. The first-order chi connectivity index (χ1) is 13.8. The number of pyridine rings is 2. The van der Waals surface area contributed by atoms with Crippen molar-refractivity contribution in [1.82, 2.24) is 15.3 Å². The number of aromatic nitrogens is 3. The minimum Gasteiger partial charge on any atom is -0.339 e. The van der Waals surface area contributed by atoms with Crippen LogP contribution in [-0.2, 0) is 6.42 Å². The van der Waals surface area contributed by atoms with E-state index in [2.05, 4.69) is 33.5 Å². The quantitative estimate of drug-likeness (QED) is 0.542. The van der Waals surface area contributed by atoms with Crippen LogP contribution < -0.4 is 9.72 Å². The zero-order valence-corrected chi connectivity index (χ0v) is 15.4. The molecule has 0 saturated carbocycles. The molecule has 0 spiro atoms. The Kier molecular flexibility index (Phi) is 4.13. The number of carbonyl (C=O) groups excluding carboxylic acids is 1. The SMILES string of the molecule is O=C(NC1CCCc2ccccc21)c1[nH]c(-c2ccncc2)c2cccc[n+]12. The first kappa shape index (κ1) is 16.7. The molecular weight excluding hydrogens is 348 g/mol. The van der Waals surface area contributed by atoms with Crippen molar-refractivity contribution in [3.05, 3.63) is 90.1 Å². The molecule has 1 aliphatic rings. The summed E-state index contributed by atoms with van der Waals surface area (Å²) in [7, 11) is 0. The Labute approximate surface area is 163 Å². The molecule has 28 heavy (non-hydrogen) atoms. The number of nitrogens with one attached hydrogen (secondary N) is 2. The van der Waals surface area contributed by atoms with Gasteiger partial charge in [-0.2, -0.15) is 4.40 Å². The first-order valence-corrected chi connectivity index (χ1v) is 9.63. The summed E-state index contributed by atoms with van der Waals surface area (Å²) in [4.78, 5) is 20.6. The molecular formula is C23H21N4O+. The maximum absolute atomic E-state index is 13.2. The lowest BCUT2D eigenvalue weighted by Crippen LogP contribution is -2.37. The molecule has 1 aromatic carbocycles. The number of hydrogen-bond donors (Lipinski definition) is 2. The molecule has 1 aliphatic carbocycles. The van der Waals surface area contributed by atoms with Gasteiger partial charge in [0.2, 0.25) is 0 Å². The summed E-state index contributed by atoms with van der Waals surface area (Å²) in [5.74, 6) is 0.439. The number of imidazole rings is 1. The number of aryl methyl sites for hydroxylation is 1. The number of nitrogens with zero attached hydrogens (tertiary/aromatic N) is 2. The van der Waals surface area contributed by atoms with Gasteiger partial charge in [0.15, 0.2) is 11.2 Å². The van der Waals surface area contributed by atoms with Crippen molar-refractivity contribution in [2.75, 3.05) is 0 Å². The lowest BCUT2D eigenvalue weighted by Gasteiger charge is -2.25. The van der Waals surface area contributed by atoms with E-state index in [-0.39, 0.29) is 11.9 Å². The average molecular weight is 369 g/mol. The van der Waals surface area contributed by atoms with Crippen molar-refractivity contribution >= 4 is 11.4 Å². The molecule has 1 atom stereocenters. The number of amides is 1. The van der Waals surface area contributed by atoms with Crippen molar-refractivity contribution in [1.29, 1.82) is 0 Å². The molecule has 138 valence electrons. The van der Waals surface area contributed by atoms with Gasteiger partial charge in [-0.15, -0.1) is 0 Å². The zero-order chi connectivity index (χ0) is 18.9. The smallest absolute Gasteiger partial charge is 0.339 e. The fraction of sp³-hybridized carbons (Fsp3) is 0.174. The van der Waals surface area contributed by atoms with Gasteiger partial charge in [-0.3, -0.25) is 9.78 Å². The first-order valence-electron chi connectivity index (χ1n) is 9.63. The molecule has 0 aliphatic heterocycles. The van der Waals surface area contributed by atoms with E-state index in [0.717, 1.165) is 36.0 Å². The van der Waals surface area contributed by atoms with Crippen LogP contribution in [0.1, 0.15) is 40.6 Å². The molecule has 3 heterocycles. The van der Waals surface area contributed by atoms with E-state index in [1.165, 1.54) is 11.1 Å². The predicted octanol–water partition coefficient (Wildman–Crippen LogP) is 3.62. The van der Waals surface area contributed by atoms with Gasteiger partial charge in [0.05, 0.1) is 12.2 Å². The third kappa shape index (κ3) is 2.85. The van der Waals surface area contributed by atoms with Crippen LogP contribution in [0.4, 0.5) is 0 Å². The Morgan fingerprint density at radius 1 is 1.07 bits per heavy atom. The van der Waals surface area contributed by atoms with Gasteiger partial charge < -0.3 is 5.32 Å². The minimum absolute atomic E-state index is 0.0458. The average Bonchev–Trinajstić information content (AvgIpc) is 3.15. The van der Waals surface area contributed by atoms with Gasteiger partial charge in [-0.05, 0) is 54.7 Å². The van der Waals surface area contributed by atoms with Crippen LogP contribution in [0.2, 0.25) is 0 Å². The highest BCUT2D eigenvalue weighted by Gasteiger charge is 2.29. The molecule has 4 aromatic rings. The van der Waals surface area contributed by atoms with Gasteiger partial charge in [0.25, 0.3) is 0 Å². The van der Waals surface area contributed by atoms with Gasteiger partial charge in [-0.1, -0.05) is 30.3 Å². The van der Waals surface area contributed by atoms with E-state index in [9.17, 15) is 4.79 Å². The van der Waals surface area contributed by atoms with Crippen molar-refractivity contribution in [3.8, 4) is 11.3 Å². The number of carbonyl (C=O) groups is 1. The molecule has 1 amide bonds. The number of hydrogen-bond acceptors (Lipinski definition) is 2. The van der Waals surface area contributed by atoms with Crippen LogP contribution in [0.3, 0.4) is 0 Å². The Hall–Kier alpha value is -3.47. The number of H-pyrrole nitrogens is 1. The molecule has 5 heteroatoms. The van der Waals surface area contributed by atoms with Crippen molar-refractivity contribution in [2.24, 2.45) is 0 Å². The summed E-state index contributed by atoms with van der Waals surface area (Å²) in [6.45, 7) is 0. The highest BCUT2D eigenvalue weighted by atomic mass is 16.2. The minimum atomic E-state index is -0.0943. The second-order valence-corrected chi connectivity index (χ2v) is 7.16. The molecule has 0 radical (unpaired) electrons. The second kappa shape index (κ2) is 6.93. The monoisotopic (exact) mass is 369 g/mol. The van der Waals surface area contributed by atoms with Crippen LogP contribution >= 0.6 is 0 Å². The third-order valence-corrected chi connectivity index (χ3v) is 5.46. The normalized spacial score (nSPS) is 15.9. The van der Waals surface area contributed by atoms with E-state index in [1.54, 1.807) is 12.4 Å². The number of fused-ring (bicyclic) bond motifs is 2. The van der Waals surface area contributed by atoms with Crippen molar-refractivity contribution in [2.45, 2.75) is 25.3 Å². The molecule has 0 fully saturated rings. The van der Waals surface area contributed by atoms with E-state index in [4.69, 9.17) is 0 Å². The molecule has 1 unspecified atom stereocenters. The molecule has 0 saturated heterocycles. The van der Waals surface area contributed by atoms with Crippen molar-refractivity contribution < 1.29 is 9.20 Å². The van der Waals surface area contributed by atoms with Gasteiger partial charge in [0, 0.05) is 18.0 Å². The lowest BCUT2D eigenvalue weighted by molar-refractivity contribution is -0.514. The Balaban J connectivity index is 1.53. The highest BCUT2D eigenvalue weighted by molar-refractivity contribution is 5.91. The number of aromatic amines is 1. The highest BCUT2D eigenvalue weighted by Crippen LogP contribution is 2.29. The summed E-state index contributed by atoms with van der Waals surface area (Å²) in [6, 6.07) is 18.3. The van der Waals surface area contributed by atoms with Crippen LogP contribution in [0.15, 0.2) is 73.2 Å². The summed E-state index contributed by atoms with van der Waals surface area (Å²) in [5.41, 5.74) is 5.44. The Morgan fingerprint density at radius 3 is 2.79 bits per heavy atom. The van der Waals surface area contributed by atoms with Crippen LogP contribution in [0, 0.1) is 0 Å². The van der Waals surface area contributed by atoms with Gasteiger partial charge in [0.1, 0.15) is 0 Å². The van der Waals surface area contributed by atoms with Crippen molar-refractivity contribution in [3.63, 3.8) is 0 Å². The van der Waals surface area contributed by atoms with E-state index < -0.39 is 0 Å². The largest absolute Gasteiger partial charge is 0.351 e. The number of benzene rings is 1. The van der Waals surface area contributed by atoms with E-state index in [0.29, 0.717) is 5.82 Å². The molecule has 2 N–H and O–H groups in total. The Morgan fingerprint density at radius 2 is 1.89 bits per heavy atom. The number of rotatable bonds is 3. The topological polar surface area (TPSA) is 61.9 Å². The maximum Gasteiger partial charge on any atom is 0.351 e. The van der Waals surface area contributed by atoms with E-state index >= 15 is 0 Å². The lowest BCUT2D eigenvalue weighted by atomic mass is 9.88. The van der Waals surface area contributed by atoms with Crippen LogP contribution in [-0.4, -0.2) is 15.9 Å². The predicted molar refractivity (Wildman–Crippen MR) is 107 cm³/mol. The molecule has 0 bridgehead atoms.